The molecular formula is C16H15ClN2OS. The van der Waals surface area contributed by atoms with Crippen LogP contribution in [0.15, 0.2) is 48.5 Å². The van der Waals surface area contributed by atoms with Crippen LogP contribution in [0, 0.1) is 0 Å². The van der Waals surface area contributed by atoms with Crippen LogP contribution in [-0.4, -0.2) is 18.1 Å². The first kappa shape index (κ1) is 14.2. The molecule has 1 heterocycles. The van der Waals surface area contributed by atoms with Gasteiger partial charge >= 0.3 is 0 Å². The fourth-order valence-electron chi connectivity index (χ4n) is 1.97. The van der Waals surface area contributed by atoms with E-state index in [1.807, 2.05) is 48.5 Å². The summed E-state index contributed by atoms with van der Waals surface area (Å²) in [6, 6.07) is 15.6. The van der Waals surface area contributed by atoms with Crippen LogP contribution in [-0.2, 0) is 0 Å². The van der Waals surface area contributed by atoms with E-state index in [9.17, 15) is 0 Å². The second-order valence-corrected chi connectivity index (χ2v) is 5.96. The summed E-state index contributed by atoms with van der Waals surface area (Å²) in [5.41, 5.74) is 0.940. The normalized spacial score (nSPS) is 10.7. The number of para-hydroxylation sites is 1. The molecule has 0 bridgehead atoms. The fraction of sp³-hybridized carbons (Fsp3) is 0.188. The number of nitrogens with one attached hydrogen (secondary N) is 1. The largest absolute Gasteiger partial charge is 0.494 e. The van der Waals surface area contributed by atoms with Crippen molar-refractivity contribution in [1.82, 2.24) is 4.98 Å². The average molecular weight is 319 g/mol. The van der Waals surface area contributed by atoms with Crippen molar-refractivity contribution in [3.8, 4) is 5.75 Å². The summed E-state index contributed by atoms with van der Waals surface area (Å²) in [5, 5.41) is 4.97. The molecule has 0 unspecified atom stereocenters. The first-order chi connectivity index (χ1) is 10.3. The molecule has 0 aliphatic rings. The monoisotopic (exact) mass is 318 g/mol. The van der Waals surface area contributed by atoms with Gasteiger partial charge in [0.25, 0.3) is 0 Å². The molecule has 0 radical (unpaired) electrons. The van der Waals surface area contributed by atoms with Gasteiger partial charge in [-0.05, 0) is 30.7 Å². The second-order valence-electron chi connectivity index (χ2n) is 4.55. The van der Waals surface area contributed by atoms with Gasteiger partial charge in [0.2, 0.25) is 0 Å². The molecule has 5 heteroatoms. The Morgan fingerprint density at radius 1 is 1.10 bits per heavy atom. The van der Waals surface area contributed by atoms with Gasteiger partial charge in [-0.25, -0.2) is 4.98 Å². The van der Waals surface area contributed by atoms with E-state index in [-0.39, 0.29) is 0 Å². The van der Waals surface area contributed by atoms with Gasteiger partial charge in [0.15, 0.2) is 5.13 Å². The van der Waals surface area contributed by atoms with Crippen molar-refractivity contribution in [3.63, 3.8) is 0 Å². The topological polar surface area (TPSA) is 34.2 Å². The lowest BCUT2D eigenvalue weighted by atomic mass is 10.3. The van der Waals surface area contributed by atoms with Crippen LogP contribution in [0.3, 0.4) is 0 Å². The highest BCUT2D eigenvalue weighted by Crippen LogP contribution is 2.31. The van der Waals surface area contributed by atoms with Crippen molar-refractivity contribution in [2.24, 2.45) is 0 Å². The Balaban J connectivity index is 1.47. The van der Waals surface area contributed by atoms with Gasteiger partial charge in [-0.2, -0.15) is 0 Å². The molecule has 0 atom stereocenters. The number of nitrogens with zero attached hydrogens (tertiary/aromatic N) is 1. The summed E-state index contributed by atoms with van der Waals surface area (Å²) >= 11 is 7.73. The van der Waals surface area contributed by atoms with Crippen molar-refractivity contribution in [2.45, 2.75) is 6.42 Å². The Bertz CT molecular complexity index is 715. The molecule has 0 aliphatic carbocycles. The summed E-state index contributed by atoms with van der Waals surface area (Å²) in [7, 11) is 0. The maximum absolute atomic E-state index is 6.14. The Kier molecular flexibility index (Phi) is 4.58. The average Bonchev–Trinajstić information content (AvgIpc) is 2.92. The van der Waals surface area contributed by atoms with Crippen LogP contribution >= 0.6 is 22.9 Å². The van der Waals surface area contributed by atoms with Crippen molar-refractivity contribution in [1.29, 1.82) is 0 Å². The van der Waals surface area contributed by atoms with Crippen LogP contribution in [0.4, 0.5) is 5.13 Å². The molecule has 3 rings (SSSR count). The highest BCUT2D eigenvalue weighted by atomic mass is 35.5. The van der Waals surface area contributed by atoms with E-state index in [4.69, 9.17) is 16.3 Å². The number of benzene rings is 2. The standard InChI is InChI=1S/C16H15ClN2OS/c17-13-8-4-9-14-15(13)21-16(19-14)18-10-5-11-20-12-6-2-1-3-7-12/h1-4,6-9H,5,10-11H2,(H,18,19). The molecule has 0 amide bonds. The Hall–Kier alpha value is -1.78. The minimum absolute atomic E-state index is 0.683. The summed E-state index contributed by atoms with van der Waals surface area (Å²) in [6.45, 7) is 1.51. The molecular weight excluding hydrogens is 304 g/mol. The molecule has 1 N–H and O–H groups in total. The van der Waals surface area contributed by atoms with Gasteiger partial charge in [-0.1, -0.05) is 47.2 Å². The third-order valence-corrected chi connectivity index (χ3v) is 4.47. The smallest absolute Gasteiger partial charge is 0.183 e. The SMILES string of the molecule is Clc1cccc2nc(NCCCOc3ccccc3)sc12. The molecule has 0 aliphatic heterocycles. The lowest BCUT2D eigenvalue weighted by Crippen LogP contribution is -2.06. The third kappa shape index (κ3) is 3.65. The predicted octanol–water partition coefficient (Wildman–Crippen LogP) is 4.83. The lowest BCUT2D eigenvalue weighted by molar-refractivity contribution is 0.315. The molecule has 3 aromatic rings. The van der Waals surface area contributed by atoms with E-state index >= 15 is 0 Å². The highest BCUT2D eigenvalue weighted by molar-refractivity contribution is 7.22. The highest BCUT2D eigenvalue weighted by Gasteiger charge is 2.05. The molecule has 2 aromatic carbocycles. The maximum Gasteiger partial charge on any atom is 0.183 e. The molecule has 1 aromatic heterocycles. The van der Waals surface area contributed by atoms with Gasteiger partial charge in [0.1, 0.15) is 5.75 Å². The number of aromatic nitrogens is 1. The van der Waals surface area contributed by atoms with E-state index in [1.54, 1.807) is 11.3 Å². The molecule has 0 saturated carbocycles. The van der Waals surface area contributed by atoms with Gasteiger partial charge in [-0.15, -0.1) is 0 Å². The van der Waals surface area contributed by atoms with Crippen LogP contribution in [0.25, 0.3) is 10.2 Å². The number of halogens is 1. The van der Waals surface area contributed by atoms with Crippen LogP contribution in [0.2, 0.25) is 5.02 Å². The molecule has 0 saturated heterocycles. The number of thiazole rings is 1. The van der Waals surface area contributed by atoms with E-state index in [0.29, 0.717) is 6.61 Å². The number of ether oxygens (including phenoxy) is 1. The molecule has 21 heavy (non-hydrogen) atoms. The fourth-order valence-corrected chi connectivity index (χ4v) is 3.15. The van der Waals surface area contributed by atoms with E-state index in [0.717, 1.165) is 39.1 Å². The summed E-state index contributed by atoms with van der Waals surface area (Å²) < 4.78 is 6.67. The quantitative estimate of drug-likeness (QED) is 0.661. The maximum atomic E-state index is 6.14. The third-order valence-electron chi connectivity index (χ3n) is 2.98. The summed E-state index contributed by atoms with van der Waals surface area (Å²) in [5.74, 6) is 0.907. The zero-order valence-corrected chi connectivity index (χ0v) is 13.0. The Morgan fingerprint density at radius 2 is 1.95 bits per heavy atom. The number of anilines is 1. The first-order valence-electron chi connectivity index (χ1n) is 6.80. The van der Waals surface area contributed by atoms with Gasteiger partial charge in [0, 0.05) is 6.54 Å². The van der Waals surface area contributed by atoms with E-state index in [2.05, 4.69) is 10.3 Å². The van der Waals surface area contributed by atoms with Crippen molar-refractivity contribution < 1.29 is 4.74 Å². The lowest BCUT2D eigenvalue weighted by Gasteiger charge is -2.06. The Labute approximate surface area is 132 Å². The second kappa shape index (κ2) is 6.78. The van der Waals surface area contributed by atoms with Crippen molar-refractivity contribution in [2.75, 3.05) is 18.5 Å². The summed E-state index contributed by atoms with van der Waals surface area (Å²) in [4.78, 5) is 4.51. The first-order valence-corrected chi connectivity index (χ1v) is 7.99. The minimum Gasteiger partial charge on any atom is -0.494 e. The molecule has 108 valence electrons. The number of hydrogen-bond donors (Lipinski definition) is 1. The zero-order valence-electron chi connectivity index (χ0n) is 11.4. The van der Waals surface area contributed by atoms with Gasteiger partial charge < -0.3 is 10.1 Å². The number of hydrogen-bond acceptors (Lipinski definition) is 4. The van der Waals surface area contributed by atoms with Crippen molar-refractivity contribution in [3.05, 3.63) is 53.6 Å². The zero-order chi connectivity index (χ0) is 14.5. The number of fused-ring (bicyclic) bond motifs is 1. The van der Waals surface area contributed by atoms with Gasteiger partial charge in [0.05, 0.1) is 21.8 Å². The molecule has 0 spiro atoms. The van der Waals surface area contributed by atoms with Gasteiger partial charge in [-0.3, -0.25) is 0 Å². The Morgan fingerprint density at radius 3 is 2.76 bits per heavy atom. The van der Waals surface area contributed by atoms with E-state index < -0.39 is 0 Å². The van der Waals surface area contributed by atoms with E-state index in [1.165, 1.54) is 0 Å². The van der Waals surface area contributed by atoms with Crippen LogP contribution in [0.5, 0.6) is 5.75 Å². The summed E-state index contributed by atoms with van der Waals surface area (Å²) in [6.07, 6.45) is 0.915. The van der Waals surface area contributed by atoms with Crippen LogP contribution in [0.1, 0.15) is 6.42 Å². The minimum atomic E-state index is 0.683. The predicted molar refractivity (Wildman–Crippen MR) is 89.7 cm³/mol. The molecule has 3 nitrogen and oxygen atoms in total. The molecule has 0 fully saturated rings. The number of rotatable bonds is 6. The van der Waals surface area contributed by atoms with Crippen LogP contribution < -0.4 is 10.1 Å². The van der Waals surface area contributed by atoms with Crippen molar-refractivity contribution >= 4 is 38.3 Å².